The van der Waals surface area contributed by atoms with Gasteiger partial charge < -0.3 is 10.1 Å². The number of nitrogens with one attached hydrogen (secondary N) is 1. The average molecular weight is 272 g/mol. The van der Waals surface area contributed by atoms with Gasteiger partial charge in [0.05, 0.1) is 6.61 Å². The Hall–Kier alpha value is -0.380. The van der Waals surface area contributed by atoms with Crippen molar-refractivity contribution in [2.24, 2.45) is 0 Å². The number of ether oxygens (including phenoxy) is 1. The maximum Gasteiger partial charge on any atom is 0.0615 e. The lowest BCUT2D eigenvalue weighted by Crippen LogP contribution is -2.31. The van der Waals surface area contributed by atoms with Gasteiger partial charge in [0.1, 0.15) is 0 Å². The van der Waals surface area contributed by atoms with Crippen molar-refractivity contribution in [1.82, 2.24) is 5.32 Å². The van der Waals surface area contributed by atoms with Gasteiger partial charge >= 0.3 is 0 Å². The highest BCUT2D eigenvalue weighted by Gasteiger charge is 2.04. The first-order valence-electron chi connectivity index (χ1n) is 5.23. The summed E-state index contributed by atoms with van der Waals surface area (Å²) in [6.07, 6.45) is 1.09. The molecule has 0 aliphatic heterocycles. The van der Waals surface area contributed by atoms with Crippen molar-refractivity contribution < 1.29 is 4.74 Å². The lowest BCUT2D eigenvalue weighted by Gasteiger charge is -2.15. The van der Waals surface area contributed by atoms with E-state index in [1.165, 1.54) is 5.56 Å². The fraction of sp³-hybridized carbons (Fsp3) is 0.500. The molecule has 0 heterocycles. The fourth-order valence-corrected chi connectivity index (χ4v) is 1.88. The van der Waals surface area contributed by atoms with Crippen molar-refractivity contribution in [2.75, 3.05) is 13.7 Å². The molecule has 1 atom stereocenters. The smallest absolute Gasteiger partial charge is 0.0615 e. The maximum atomic E-state index is 5.14. The summed E-state index contributed by atoms with van der Waals surface area (Å²) in [5.41, 5.74) is 1.29. The molecule has 1 N–H and O–H groups in total. The number of hydrogen-bond acceptors (Lipinski definition) is 2. The number of benzene rings is 1. The summed E-state index contributed by atoms with van der Waals surface area (Å²) in [6.45, 7) is 3.82. The molecule has 0 saturated heterocycles. The molecule has 1 rings (SSSR count). The third kappa shape index (κ3) is 4.78. The van der Waals surface area contributed by atoms with Gasteiger partial charge in [0.15, 0.2) is 0 Å². The Morgan fingerprint density at radius 1 is 1.47 bits per heavy atom. The van der Waals surface area contributed by atoms with Gasteiger partial charge in [-0.25, -0.2) is 0 Å². The fourth-order valence-electron chi connectivity index (χ4n) is 1.43. The molecule has 1 aromatic carbocycles. The van der Waals surface area contributed by atoms with Crippen molar-refractivity contribution in [3.05, 3.63) is 34.3 Å². The largest absolute Gasteiger partial charge is 0.383 e. The third-order valence-electron chi connectivity index (χ3n) is 2.34. The molecule has 0 aliphatic carbocycles. The van der Waals surface area contributed by atoms with E-state index in [0.29, 0.717) is 6.04 Å². The normalized spacial score (nSPS) is 12.7. The van der Waals surface area contributed by atoms with E-state index in [-0.39, 0.29) is 0 Å². The highest BCUT2D eigenvalue weighted by atomic mass is 79.9. The van der Waals surface area contributed by atoms with Gasteiger partial charge in [-0.2, -0.15) is 0 Å². The van der Waals surface area contributed by atoms with Crippen LogP contribution in [0, 0.1) is 0 Å². The van der Waals surface area contributed by atoms with Crippen LogP contribution < -0.4 is 5.32 Å². The Morgan fingerprint density at radius 2 is 2.27 bits per heavy atom. The number of methoxy groups -OCH3 is 1. The molecule has 84 valence electrons. The van der Waals surface area contributed by atoms with Crippen LogP contribution in [0.2, 0.25) is 0 Å². The van der Waals surface area contributed by atoms with E-state index in [0.717, 1.165) is 24.0 Å². The Bertz CT molecular complexity index is 291. The topological polar surface area (TPSA) is 21.3 Å². The first-order chi connectivity index (χ1) is 7.26. The Balaban J connectivity index is 2.41. The number of halogens is 1. The van der Waals surface area contributed by atoms with Gasteiger partial charge in [0.25, 0.3) is 0 Å². The summed E-state index contributed by atoms with van der Waals surface area (Å²) in [6, 6.07) is 8.78. The summed E-state index contributed by atoms with van der Waals surface area (Å²) in [5.74, 6) is 0. The Kier molecular flexibility index (Phi) is 5.91. The minimum atomic E-state index is 0.439. The zero-order valence-electron chi connectivity index (χ0n) is 9.29. The molecule has 0 amide bonds. The summed E-state index contributed by atoms with van der Waals surface area (Å²) < 4.78 is 6.26. The molecule has 0 aliphatic rings. The quantitative estimate of drug-likeness (QED) is 0.859. The van der Waals surface area contributed by atoms with Crippen LogP contribution in [0.1, 0.15) is 18.9 Å². The van der Waals surface area contributed by atoms with Crippen LogP contribution in [0.5, 0.6) is 0 Å². The van der Waals surface area contributed by atoms with E-state index in [4.69, 9.17) is 4.74 Å². The predicted octanol–water partition coefficient (Wildman–Crippen LogP) is 2.96. The van der Waals surface area contributed by atoms with E-state index in [9.17, 15) is 0 Å². The molecule has 1 unspecified atom stereocenters. The molecular weight excluding hydrogens is 254 g/mol. The molecule has 3 heteroatoms. The minimum Gasteiger partial charge on any atom is -0.383 e. The summed E-state index contributed by atoms with van der Waals surface area (Å²) in [7, 11) is 1.74. The maximum absolute atomic E-state index is 5.14. The van der Waals surface area contributed by atoms with Crippen LogP contribution >= 0.6 is 15.9 Å². The zero-order valence-corrected chi connectivity index (χ0v) is 10.9. The van der Waals surface area contributed by atoms with Crippen LogP contribution in [0.25, 0.3) is 0 Å². The van der Waals surface area contributed by atoms with Crippen molar-refractivity contribution in [3.8, 4) is 0 Å². The Labute approximate surface area is 100 Å². The standard InChI is InChI=1S/C12H18BrNO/c1-3-12(9-15-2)14-8-10-5-4-6-11(13)7-10/h4-7,12,14H,3,8-9H2,1-2H3. The molecule has 0 fully saturated rings. The molecule has 0 aromatic heterocycles. The highest BCUT2D eigenvalue weighted by molar-refractivity contribution is 9.10. The molecule has 2 nitrogen and oxygen atoms in total. The molecule has 0 radical (unpaired) electrons. The van der Waals surface area contributed by atoms with Crippen molar-refractivity contribution >= 4 is 15.9 Å². The van der Waals surface area contributed by atoms with E-state index in [1.54, 1.807) is 7.11 Å². The second kappa shape index (κ2) is 6.99. The van der Waals surface area contributed by atoms with Crippen molar-refractivity contribution in [2.45, 2.75) is 25.9 Å². The third-order valence-corrected chi connectivity index (χ3v) is 2.84. The average Bonchev–Trinajstić information content (AvgIpc) is 2.24. The Morgan fingerprint density at radius 3 is 2.87 bits per heavy atom. The summed E-state index contributed by atoms with van der Waals surface area (Å²) in [5, 5.41) is 3.47. The summed E-state index contributed by atoms with van der Waals surface area (Å²) in [4.78, 5) is 0. The molecule has 0 bridgehead atoms. The first-order valence-corrected chi connectivity index (χ1v) is 6.02. The van der Waals surface area contributed by atoms with E-state index >= 15 is 0 Å². The van der Waals surface area contributed by atoms with Crippen molar-refractivity contribution in [3.63, 3.8) is 0 Å². The van der Waals surface area contributed by atoms with Crippen LogP contribution in [0.4, 0.5) is 0 Å². The molecule has 1 aromatic rings. The van der Waals surface area contributed by atoms with Crippen LogP contribution in [-0.2, 0) is 11.3 Å². The lowest BCUT2D eigenvalue weighted by molar-refractivity contribution is 0.164. The SMILES string of the molecule is CCC(COC)NCc1cccc(Br)c1. The van der Waals surface area contributed by atoms with E-state index < -0.39 is 0 Å². The first kappa shape index (κ1) is 12.7. The number of rotatable bonds is 6. The van der Waals surface area contributed by atoms with Gasteiger partial charge in [-0.15, -0.1) is 0 Å². The van der Waals surface area contributed by atoms with Crippen molar-refractivity contribution in [1.29, 1.82) is 0 Å². The minimum absolute atomic E-state index is 0.439. The van der Waals surface area contributed by atoms with Gasteiger partial charge in [0, 0.05) is 24.2 Å². The lowest BCUT2D eigenvalue weighted by atomic mass is 10.2. The second-order valence-corrected chi connectivity index (χ2v) is 4.49. The van der Waals surface area contributed by atoms with Gasteiger partial charge in [-0.05, 0) is 24.1 Å². The number of hydrogen-bond donors (Lipinski definition) is 1. The molecule has 0 spiro atoms. The molecule has 0 saturated carbocycles. The predicted molar refractivity (Wildman–Crippen MR) is 66.9 cm³/mol. The monoisotopic (exact) mass is 271 g/mol. The zero-order chi connectivity index (χ0) is 11.1. The van der Waals surface area contributed by atoms with Crippen LogP contribution in [-0.4, -0.2) is 19.8 Å². The van der Waals surface area contributed by atoms with Gasteiger partial charge in [-0.3, -0.25) is 0 Å². The second-order valence-electron chi connectivity index (χ2n) is 3.57. The highest BCUT2D eigenvalue weighted by Crippen LogP contribution is 2.11. The van der Waals surface area contributed by atoms with E-state index in [2.05, 4.69) is 46.4 Å². The van der Waals surface area contributed by atoms with Gasteiger partial charge in [0.2, 0.25) is 0 Å². The van der Waals surface area contributed by atoms with Crippen LogP contribution in [0.15, 0.2) is 28.7 Å². The van der Waals surface area contributed by atoms with Crippen LogP contribution in [0.3, 0.4) is 0 Å². The van der Waals surface area contributed by atoms with E-state index in [1.807, 2.05) is 6.07 Å². The molecular formula is C12H18BrNO. The summed E-state index contributed by atoms with van der Waals surface area (Å²) >= 11 is 3.46. The molecule has 15 heavy (non-hydrogen) atoms. The van der Waals surface area contributed by atoms with Gasteiger partial charge in [-0.1, -0.05) is 35.0 Å².